The number of benzene rings is 4. The fraction of sp³-hybridized carbons (Fsp3) is 0.250. The Labute approximate surface area is 206 Å². The first kappa shape index (κ1) is 21.1. The van der Waals surface area contributed by atoms with E-state index >= 15 is 0 Å². The van der Waals surface area contributed by atoms with E-state index in [1.54, 1.807) is 21.2 Å². The molecule has 0 nitrogen and oxygen atoms in total. The van der Waals surface area contributed by atoms with E-state index in [1.807, 2.05) is 0 Å². The number of fused-ring (bicyclic) bond motifs is 1. The van der Waals surface area contributed by atoms with E-state index in [9.17, 15) is 0 Å². The first-order chi connectivity index (χ1) is 16.8. The van der Waals surface area contributed by atoms with E-state index in [0.29, 0.717) is 10.8 Å². The third kappa shape index (κ3) is 3.42. The highest BCUT2D eigenvalue weighted by Crippen LogP contribution is 2.95. The number of hydrogen-bond donors (Lipinski definition) is 0. The summed E-state index contributed by atoms with van der Waals surface area (Å²) in [5.41, 5.74) is 2.17. The first-order valence-corrected chi connectivity index (χ1v) is 15.5. The van der Waals surface area contributed by atoms with E-state index in [-0.39, 0.29) is 15.8 Å². The molecule has 0 radical (unpaired) electrons. The van der Waals surface area contributed by atoms with Crippen LogP contribution >= 0.6 is 15.8 Å². The molecule has 168 valence electrons. The molecule has 3 saturated carbocycles. The first-order valence-electron chi connectivity index (χ1n) is 12.6. The lowest BCUT2D eigenvalue weighted by Gasteiger charge is -2.20. The maximum atomic E-state index is 2.38. The summed E-state index contributed by atoms with van der Waals surface area (Å²) in [6, 6.07) is 45.4. The molecule has 34 heavy (non-hydrogen) atoms. The Morgan fingerprint density at radius 1 is 0.529 bits per heavy atom. The minimum Gasteiger partial charge on any atom is -0.0622 e. The van der Waals surface area contributed by atoms with Crippen LogP contribution in [0.3, 0.4) is 0 Å². The van der Waals surface area contributed by atoms with Crippen molar-refractivity contribution in [3.05, 3.63) is 121 Å². The summed E-state index contributed by atoms with van der Waals surface area (Å²) >= 11 is 0. The molecule has 3 aliphatic rings. The Bertz CT molecular complexity index is 1190. The zero-order valence-corrected chi connectivity index (χ0v) is 21.2. The van der Waals surface area contributed by atoms with E-state index in [1.165, 1.54) is 25.4 Å². The molecule has 4 atom stereocenters. The van der Waals surface area contributed by atoms with Gasteiger partial charge in [0.2, 0.25) is 0 Å². The Kier molecular flexibility index (Phi) is 5.05. The van der Waals surface area contributed by atoms with E-state index < -0.39 is 0 Å². The molecule has 0 saturated heterocycles. The van der Waals surface area contributed by atoms with Crippen molar-refractivity contribution in [2.24, 2.45) is 16.7 Å². The van der Waals surface area contributed by atoms with Crippen molar-refractivity contribution in [3.63, 3.8) is 0 Å². The molecule has 0 heterocycles. The van der Waals surface area contributed by atoms with E-state index in [0.717, 1.165) is 11.6 Å². The standard InChI is InChI=1S/C32H30P2/c1-5-13-26(14-6-1)33(27-15-7-2-8-16-27)23-25-21-31(25)24-32(31)22-30(32)34(28-17-9-3-10-18-28)29-19-11-4-12-20-29/h1-20,25,30H,21-24H2/t25-,30+,31-,32+/m0/s1. The molecule has 4 aromatic rings. The highest BCUT2D eigenvalue weighted by molar-refractivity contribution is 7.74. The minimum atomic E-state index is -0.272. The van der Waals surface area contributed by atoms with Crippen LogP contribution in [-0.2, 0) is 0 Å². The molecule has 4 aromatic carbocycles. The number of hydrogen-bond acceptors (Lipinski definition) is 0. The second-order valence-electron chi connectivity index (χ2n) is 10.4. The normalized spacial score (nSPS) is 28.5. The summed E-state index contributed by atoms with van der Waals surface area (Å²) in [6.07, 6.45) is 5.77. The molecule has 0 amide bonds. The zero-order valence-electron chi connectivity index (χ0n) is 19.4. The second kappa shape index (κ2) is 8.16. The van der Waals surface area contributed by atoms with Gasteiger partial charge in [-0.15, -0.1) is 0 Å². The summed E-state index contributed by atoms with van der Waals surface area (Å²) < 4.78 is 0. The van der Waals surface area contributed by atoms with Crippen LogP contribution < -0.4 is 21.2 Å². The Hall–Kier alpha value is -2.26. The second-order valence-corrected chi connectivity index (χ2v) is 15.1. The van der Waals surface area contributed by atoms with Crippen LogP contribution in [0.15, 0.2) is 121 Å². The largest absolute Gasteiger partial charge is 0.0622 e. The molecule has 2 spiro atoms. The van der Waals surface area contributed by atoms with Crippen molar-refractivity contribution in [1.82, 2.24) is 0 Å². The van der Waals surface area contributed by atoms with Crippen molar-refractivity contribution in [2.75, 3.05) is 6.16 Å². The van der Waals surface area contributed by atoms with Gasteiger partial charge in [0.15, 0.2) is 0 Å². The van der Waals surface area contributed by atoms with Crippen LogP contribution in [0.1, 0.15) is 19.3 Å². The van der Waals surface area contributed by atoms with Crippen LogP contribution in [-0.4, -0.2) is 11.8 Å². The third-order valence-corrected chi connectivity index (χ3v) is 14.3. The monoisotopic (exact) mass is 476 g/mol. The van der Waals surface area contributed by atoms with Crippen molar-refractivity contribution in [2.45, 2.75) is 24.9 Å². The van der Waals surface area contributed by atoms with Gasteiger partial charge in [-0.2, -0.15) is 0 Å². The molecule has 0 unspecified atom stereocenters. The van der Waals surface area contributed by atoms with Crippen LogP contribution in [0.25, 0.3) is 0 Å². The summed E-state index contributed by atoms with van der Waals surface area (Å²) in [6.45, 7) is 0. The van der Waals surface area contributed by atoms with Crippen molar-refractivity contribution in [3.8, 4) is 0 Å². The minimum absolute atomic E-state index is 0.264. The van der Waals surface area contributed by atoms with Gasteiger partial charge in [-0.25, -0.2) is 0 Å². The average Bonchev–Trinajstić information content (AvgIpc) is 3.86. The molecule has 2 heteroatoms. The number of rotatable bonds is 7. The van der Waals surface area contributed by atoms with Gasteiger partial charge in [-0.1, -0.05) is 121 Å². The highest BCUT2D eigenvalue weighted by Gasteiger charge is 2.88. The highest BCUT2D eigenvalue weighted by atomic mass is 31.1. The van der Waals surface area contributed by atoms with Gasteiger partial charge in [0.25, 0.3) is 0 Å². The maximum Gasteiger partial charge on any atom is -0.00606 e. The molecule has 0 aliphatic heterocycles. The Morgan fingerprint density at radius 3 is 1.44 bits per heavy atom. The van der Waals surface area contributed by atoms with Crippen molar-refractivity contribution in [1.29, 1.82) is 0 Å². The lowest BCUT2D eigenvalue weighted by molar-refractivity contribution is 0.661. The van der Waals surface area contributed by atoms with Gasteiger partial charge in [-0.05, 0) is 84.9 Å². The molecule has 7 rings (SSSR count). The molecule has 0 aromatic heterocycles. The molecule has 3 aliphatic carbocycles. The van der Waals surface area contributed by atoms with E-state index in [2.05, 4.69) is 121 Å². The summed E-state index contributed by atoms with van der Waals surface area (Å²) in [5, 5.41) is 6.23. The summed E-state index contributed by atoms with van der Waals surface area (Å²) in [5.74, 6) is 0.910. The summed E-state index contributed by atoms with van der Waals surface area (Å²) in [4.78, 5) is 0. The van der Waals surface area contributed by atoms with Crippen molar-refractivity contribution < 1.29 is 0 Å². The summed E-state index contributed by atoms with van der Waals surface area (Å²) in [7, 11) is -0.536. The molecular formula is C32H30P2. The van der Waals surface area contributed by atoms with Gasteiger partial charge in [0, 0.05) is 0 Å². The van der Waals surface area contributed by atoms with Crippen LogP contribution in [0.5, 0.6) is 0 Å². The van der Waals surface area contributed by atoms with Crippen LogP contribution in [0.2, 0.25) is 0 Å². The fourth-order valence-corrected chi connectivity index (χ4v) is 12.9. The van der Waals surface area contributed by atoms with Gasteiger partial charge in [0.1, 0.15) is 0 Å². The predicted octanol–water partition coefficient (Wildman–Crippen LogP) is 6.42. The lowest BCUT2D eigenvalue weighted by Crippen LogP contribution is -2.16. The van der Waals surface area contributed by atoms with Gasteiger partial charge >= 0.3 is 0 Å². The third-order valence-electron chi connectivity index (χ3n) is 8.68. The quantitative estimate of drug-likeness (QED) is 0.270. The lowest BCUT2D eigenvalue weighted by atomic mass is 10.2. The van der Waals surface area contributed by atoms with Gasteiger partial charge in [-0.3, -0.25) is 0 Å². The van der Waals surface area contributed by atoms with Crippen molar-refractivity contribution >= 4 is 37.1 Å². The molecule has 0 N–H and O–H groups in total. The van der Waals surface area contributed by atoms with E-state index in [4.69, 9.17) is 0 Å². The molecule has 3 fully saturated rings. The SMILES string of the molecule is c1ccc(P(C[C@@H]2C[C@]23C[C@@]32C[C@H]2P(c2ccccc2)c2ccccc2)c2ccccc2)cc1. The van der Waals surface area contributed by atoms with Crippen LogP contribution in [0.4, 0.5) is 0 Å². The van der Waals surface area contributed by atoms with Gasteiger partial charge < -0.3 is 0 Å². The topological polar surface area (TPSA) is 0 Å². The molecule has 0 bridgehead atoms. The predicted molar refractivity (Wildman–Crippen MR) is 149 cm³/mol. The molecular weight excluding hydrogens is 446 g/mol. The fourth-order valence-electron chi connectivity index (χ4n) is 6.80. The Balaban J connectivity index is 1.14. The maximum absolute atomic E-state index is 2.38. The average molecular weight is 477 g/mol. The zero-order chi connectivity index (χ0) is 22.6. The van der Waals surface area contributed by atoms with Gasteiger partial charge in [0.05, 0.1) is 0 Å². The van der Waals surface area contributed by atoms with Crippen LogP contribution in [0, 0.1) is 16.7 Å². The smallest absolute Gasteiger partial charge is 0.00606 e. The Morgan fingerprint density at radius 2 is 0.971 bits per heavy atom.